The first-order valence-electron chi connectivity index (χ1n) is 8.02. The number of anilines is 1. The molecule has 0 aliphatic rings. The second kappa shape index (κ2) is 8.84. The highest BCUT2D eigenvalue weighted by Gasteiger charge is 2.15. The molecule has 132 valence electrons. The molecule has 0 saturated heterocycles. The predicted molar refractivity (Wildman–Crippen MR) is 97.0 cm³/mol. The Morgan fingerprint density at radius 1 is 0.960 bits per heavy atom. The van der Waals surface area contributed by atoms with E-state index in [1.807, 2.05) is 61.5 Å². The predicted octanol–water partition coefficient (Wildman–Crippen LogP) is 1.22. The van der Waals surface area contributed by atoms with Gasteiger partial charge in [0.15, 0.2) is 0 Å². The summed E-state index contributed by atoms with van der Waals surface area (Å²) < 4.78 is 0. The third-order valence-electron chi connectivity index (χ3n) is 3.75. The van der Waals surface area contributed by atoms with E-state index in [4.69, 9.17) is 0 Å². The van der Waals surface area contributed by atoms with E-state index in [2.05, 4.69) is 10.6 Å². The van der Waals surface area contributed by atoms with E-state index < -0.39 is 17.9 Å². The van der Waals surface area contributed by atoms with Crippen molar-refractivity contribution in [2.75, 3.05) is 25.5 Å². The fraction of sp³-hybridized carbons (Fsp3) is 0.263. The van der Waals surface area contributed by atoms with Crippen molar-refractivity contribution in [3.05, 3.63) is 65.7 Å². The van der Waals surface area contributed by atoms with Gasteiger partial charge in [0.2, 0.25) is 0 Å². The number of nitrogens with one attached hydrogen (secondary N) is 2. The third kappa shape index (κ3) is 5.61. The number of nitrogens with zero attached hydrogens (tertiary/aromatic N) is 1. The molecule has 0 bridgehead atoms. The van der Waals surface area contributed by atoms with Gasteiger partial charge in [0.05, 0.1) is 6.10 Å². The molecule has 2 aromatic carbocycles. The Balaban J connectivity index is 1.79. The first kappa shape index (κ1) is 18.5. The van der Waals surface area contributed by atoms with Crippen LogP contribution in [0.25, 0.3) is 0 Å². The summed E-state index contributed by atoms with van der Waals surface area (Å²) in [5.41, 5.74) is 2.60. The summed E-state index contributed by atoms with van der Waals surface area (Å²) in [7, 11) is 3.86. The van der Waals surface area contributed by atoms with Crippen LogP contribution in [0.5, 0.6) is 0 Å². The van der Waals surface area contributed by atoms with E-state index in [0.29, 0.717) is 5.56 Å². The van der Waals surface area contributed by atoms with E-state index in [9.17, 15) is 14.7 Å². The molecule has 1 unspecified atom stereocenters. The van der Waals surface area contributed by atoms with Crippen LogP contribution in [0.1, 0.15) is 17.2 Å². The van der Waals surface area contributed by atoms with Crippen molar-refractivity contribution in [1.82, 2.24) is 10.6 Å². The lowest BCUT2D eigenvalue weighted by Gasteiger charge is -2.15. The van der Waals surface area contributed by atoms with Gasteiger partial charge in [-0.3, -0.25) is 9.59 Å². The van der Waals surface area contributed by atoms with Gasteiger partial charge in [0.25, 0.3) is 0 Å². The molecular formula is C19H23N3O3. The number of aliphatic hydroxyl groups excluding tert-OH is 1. The molecule has 0 aliphatic heterocycles. The van der Waals surface area contributed by atoms with Crippen LogP contribution in [-0.4, -0.2) is 37.6 Å². The summed E-state index contributed by atoms with van der Waals surface area (Å²) in [4.78, 5) is 25.5. The quantitative estimate of drug-likeness (QED) is 0.690. The highest BCUT2D eigenvalue weighted by molar-refractivity contribution is 6.35. The molecule has 0 spiro atoms. The smallest absolute Gasteiger partial charge is 0.309 e. The summed E-state index contributed by atoms with van der Waals surface area (Å²) in [6.45, 7) is 0.251. The standard InChI is InChI=1S/C19H23N3O3/c1-22(2)16-10-8-15(9-11-16)17(23)13-21-19(25)18(24)20-12-14-6-4-3-5-7-14/h3-11,17,23H,12-13H2,1-2H3,(H,20,24)(H,21,25). The highest BCUT2D eigenvalue weighted by Crippen LogP contribution is 2.17. The van der Waals surface area contributed by atoms with E-state index >= 15 is 0 Å². The van der Waals surface area contributed by atoms with Gasteiger partial charge in [-0.2, -0.15) is 0 Å². The van der Waals surface area contributed by atoms with Crippen LogP contribution in [0.3, 0.4) is 0 Å². The van der Waals surface area contributed by atoms with E-state index in [-0.39, 0.29) is 13.1 Å². The van der Waals surface area contributed by atoms with Gasteiger partial charge in [-0.1, -0.05) is 42.5 Å². The van der Waals surface area contributed by atoms with Crippen LogP contribution in [0, 0.1) is 0 Å². The average molecular weight is 341 g/mol. The Bertz CT molecular complexity index is 700. The number of carbonyl (C=O) groups is 2. The highest BCUT2D eigenvalue weighted by atomic mass is 16.3. The number of hydrogen-bond donors (Lipinski definition) is 3. The van der Waals surface area contributed by atoms with E-state index in [1.54, 1.807) is 12.1 Å². The summed E-state index contributed by atoms with van der Waals surface area (Å²) in [5.74, 6) is -1.49. The number of hydrogen-bond acceptors (Lipinski definition) is 4. The van der Waals surface area contributed by atoms with Gasteiger partial charge in [0.1, 0.15) is 0 Å². The fourth-order valence-corrected chi connectivity index (χ4v) is 2.24. The van der Waals surface area contributed by atoms with Crippen molar-refractivity contribution in [3.63, 3.8) is 0 Å². The molecule has 1 atom stereocenters. The number of benzene rings is 2. The average Bonchev–Trinajstić information content (AvgIpc) is 2.64. The summed E-state index contributed by atoms with van der Waals surface area (Å²) in [6, 6.07) is 16.7. The van der Waals surface area contributed by atoms with Crippen molar-refractivity contribution in [1.29, 1.82) is 0 Å². The Labute approximate surface area is 147 Å². The molecule has 0 aromatic heterocycles. The monoisotopic (exact) mass is 341 g/mol. The zero-order chi connectivity index (χ0) is 18.2. The van der Waals surface area contributed by atoms with Crippen molar-refractivity contribution in [2.24, 2.45) is 0 Å². The zero-order valence-corrected chi connectivity index (χ0v) is 14.4. The molecule has 0 radical (unpaired) electrons. The van der Waals surface area contributed by atoms with Crippen molar-refractivity contribution in [2.45, 2.75) is 12.6 Å². The molecule has 0 fully saturated rings. The van der Waals surface area contributed by atoms with Crippen LogP contribution in [-0.2, 0) is 16.1 Å². The fourth-order valence-electron chi connectivity index (χ4n) is 2.24. The van der Waals surface area contributed by atoms with Crippen LogP contribution in [0.2, 0.25) is 0 Å². The molecule has 3 N–H and O–H groups in total. The number of rotatable bonds is 6. The molecule has 0 saturated carbocycles. The minimum absolute atomic E-state index is 0.0289. The van der Waals surface area contributed by atoms with Crippen LogP contribution < -0.4 is 15.5 Å². The first-order chi connectivity index (χ1) is 12.0. The second-order valence-corrected chi connectivity index (χ2v) is 5.88. The molecule has 6 nitrogen and oxygen atoms in total. The number of amides is 2. The van der Waals surface area contributed by atoms with Gasteiger partial charge >= 0.3 is 11.8 Å². The Morgan fingerprint density at radius 2 is 1.56 bits per heavy atom. The maximum absolute atomic E-state index is 11.8. The molecule has 0 heterocycles. The summed E-state index contributed by atoms with van der Waals surface area (Å²) in [6.07, 6.45) is -0.873. The minimum atomic E-state index is -0.873. The summed E-state index contributed by atoms with van der Waals surface area (Å²) >= 11 is 0. The minimum Gasteiger partial charge on any atom is -0.387 e. The van der Waals surface area contributed by atoms with Crippen molar-refractivity contribution < 1.29 is 14.7 Å². The van der Waals surface area contributed by atoms with Crippen molar-refractivity contribution in [3.8, 4) is 0 Å². The lowest BCUT2D eigenvalue weighted by molar-refractivity contribution is -0.139. The van der Waals surface area contributed by atoms with Crippen LogP contribution in [0.4, 0.5) is 5.69 Å². The Morgan fingerprint density at radius 3 is 2.16 bits per heavy atom. The third-order valence-corrected chi connectivity index (χ3v) is 3.75. The van der Waals surface area contributed by atoms with Gasteiger partial charge < -0.3 is 20.6 Å². The van der Waals surface area contributed by atoms with Crippen molar-refractivity contribution >= 4 is 17.5 Å². The van der Waals surface area contributed by atoms with E-state index in [0.717, 1.165) is 11.3 Å². The van der Waals surface area contributed by atoms with Gasteiger partial charge in [-0.15, -0.1) is 0 Å². The SMILES string of the molecule is CN(C)c1ccc(C(O)CNC(=O)C(=O)NCc2ccccc2)cc1. The van der Waals surface area contributed by atoms with Crippen LogP contribution >= 0.6 is 0 Å². The molecular weight excluding hydrogens is 318 g/mol. The lowest BCUT2D eigenvalue weighted by atomic mass is 10.1. The van der Waals surface area contributed by atoms with Crippen LogP contribution in [0.15, 0.2) is 54.6 Å². The zero-order valence-electron chi connectivity index (χ0n) is 14.4. The molecule has 25 heavy (non-hydrogen) atoms. The second-order valence-electron chi connectivity index (χ2n) is 5.88. The summed E-state index contributed by atoms with van der Waals surface area (Å²) in [5, 5.41) is 15.1. The first-order valence-corrected chi connectivity index (χ1v) is 8.02. The Kier molecular flexibility index (Phi) is 6.54. The van der Waals surface area contributed by atoms with Gasteiger partial charge in [-0.05, 0) is 23.3 Å². The topological polar surface area (TPSA) is 81.7 Å². The lowest BCUT2D eigenvalue weighted by Crippen LogP contribution is -2.41. The van der Waals surface area contributed by atoms with Gasteiger partial charge in [0, 0.05) is 32.9 Å². The number of aliphatic hydroxyl groups is 1. The number of carbonyl (C=O) groups excluding carboxylic acids is 2. The normalized spacial score (nSPS) is 11.5. The Hall–Kier alpha value is -2.86. The maximum atomic E-state index is 11.8. The molecule has 6 heteroatoms. The molecule has 0 aliphatic carbocycles. The van der Waals surface area contributed by atoms with Gasteiger partial charge in [-0.25, -0.2) is 0 Å². The molecule has 2 amide bonds. The molecule has 2 aromatic rings. The largest absolute Gasteiger partial charge is 0.387 e. The van der Waals surface area contributed by atoms with E-state index in [1.165, 1.54) is 0 Å². The molecule has 2 rings (SSSR count). The maximum Gasteiger partial charge on any atom is 0.309 e.